The number of piperidine rings is 1. The van der Waals surface area contributed by atoms with E-state index in [0.29, 0.717) is 5.92 Å². The summed E-state index contributed by atoms with van der Waals surface area (Å²) in [5.41, 5.74) is 2.88. The van der Waals surface area contributed by atoms with Crippen molar-refractivity contribution in [1.29, 1.82) is 0 Å². The zero-order valence-corrected chi connectivity index (χ0v) is 12.3. The zero-order chi connectivity index (χ0) is 13.8. The summed E-state index contributed by atoms with van der Waals surface area (Å²) in [5.74, 6) is 1.36. The summed E-state index contributed by atoms with van der Waals surface area (Å²) in [6.45, 7) is 4.84. The summed E-state index contributed by atoms with van der Waals surface area (Å²) < 4.78 is 5.85. The Morgan fingerprint density at radius 1 is 1.40 bits per heavy atom. The molecular formula is C14H18N4OS. The molecule has 0 unspecified atom stereocenters. The monoisotopic (exact) mass is 290 g/mol. The lowest BCUT2D eigenvalue weighted by atomic mass is 9.98. The lowest BCUT2D eigenvalue weighted by Gasteiger charge is -2.31. The van der Waals surface area contributed by atoms with Gasteiger partial charge in [-0.1, -0.05) is 17.4 Å². The molecule has 106 valence electrons. The smallest absolute Gasteiger partial charge is 0.216 e. The van der Waals surface area contributed by atoms with Crippen molar-refractivity contribution in [1.82, 2.24) is 15.2 Å². The van der Waals surface area contributed by atoms with E-state index >= 15 is 0 Å². The first-order valence-corrected chi connectivity index (χ1v) is 7.76. The Labute approximate surface area is 122 Å². The predicted molar refractivity (Wildman–Crippen MR) is 79.3 cm³/mol. The second-order valence-corrected chi connectivity index (χ2v) is 5.90. The minimum absolute atomic E-state index is 0.598. The van der Waals surface area contributed by atoms with Crippen LogP contribution < -0.4 is 9.64 Å². The Hall–Kier alpha value is -1.69. The van der Waals surface area contributed by atoms with Crippen molar-refractivity contribution in [2.24, 2.45) is 5.92 Å². The number of pyridine rings is 1. The van der Waals surface area contributed by atoms with Gasteiger partial charge in [0.1, 0.15) is 5.51 Å². The van der Waals surface area contributed by atoms with Gasteiger partial charge in [0.05, 0.1) is 6.61 Å². The number of anilines is 1. The van der Waals surface area contributed by atoms with E-state index in [-0.39, 0.29) is 0 Å². The maximum absolute atomic E-state index is 5.85. The van der Waals surface area contributed by atoms with Crippen LogP contribution in [0.1, 0.15) is 18.4 Å². The lowest BCUT2D eigenvalue weighted by molar-refractivity contribution is 0.215. The summed E-state index contributed by atoms with van der Waals surface area (Å²) >= 11 is 1.61. The first-order chi connectivity index (χ1) is 9.83. The quantitative estimate of drug-likeness (QED) is 0.866. The van der Waals surface area contributed by atoms with Crippen molar-refractivity contribution >= 4 is 16.5 Å². The van der Waals surface area contributed by atoms with Gasteiger partial charge in [-0.05, 0) is 31.7 Å². The predicted octanol–water partition coefficient (Wildman–Crippen LogP) is 2.54. The molecule has 0 bridgehead atoms. The summed E-state index contributed by atoms with van der Waals surface area (Å²) in [5, 5.41) is 9.05. The van der Waals surface area contributed by atoms with Crippen LogP contribution >= 0.6 is 11.3 Å². The molecule has 3 rings (SSSR count). The van der Waals surface area contributed by atoms with Gasteiger partial charge in [-0.15, -0.1) is 10.2 Å². The van der Waals surface area contributed by atoms with Gasteiger partial charge < -0.3 is 9.64 Å². The fourth-order valence-corrected chi connectivity index (χ4v) is 3.03. The summed E-state index contributed by atoms with van der Waals surface area (Å²) in [6.07, 6.45) is 4.04. The molecule has 20 heavy (non-hydrogen) atoms. The molecule has 6 heteroatoms. The van der Waals surface area contributed by atoms with E-state index in [1.165, 1.54) is 0 Å². The van der Waals surface area contributed by atoms with Crippen LogP contribution in [0.25, 0.3) is 0 Å². The van der Waals surface area contributed by atoms with E-state index in [1.807, 2.05) is 19.1 Å². The molecule has 0 aromatic carbocycles. The molecule has 1 fully saturated rings. The van der Waals surface area contributed by atoms with Gasteiger partial charge in [0, 0.05) is 24.8 Å². The summed E-state index contributed by atoms with van der Waals surface area (Å²) in [7, 11) is 0. The zero-order valence-electron chi connectivity index (χ0n) is 11.5. The molecule has 0 aliphatic carbocycles. The molecular weight excluding hydrogens is 272 g/mol. The normalized spacial score (nSPS) is 16.4. The van der Waals surface area contributed by atoms with Gasteiger partial charge in [-0.25, -0.2) is 4.98 Å². The molecule has 0 radical (unpaired) electrons. The molecule has 3 heterocycles. The third kappa shape index (κ3) is 3.07. The van der Waals surface area contributed by atoms with Crippen LogP contribution in [0.15, 0.2) is 23.8 Å². The average Bonchev–Trinajstić information content (AvgIpc) is 3.01. The number of hydrogen-bond acceptors (Lipinski definition) is 6. The number of ether oxygens (including phenoxy) is 1. The van der Waals surface area contributed by atoms with Crippen LogP contribution in [0.3, 0.4) is 0 Å². The second kappa shape index (κ2) is 6.17. The number of nitrogens with zero attached hydrogens (tertiary/aromatic N) is 4. The molecule has 0 saturated carbocycles. The Morgan fingerprint density at radius 3 is 2.95 bits per heavy atom. The molecule has 1 aliphatic rings. The first kappa shape index (κ1) is 13.3. The highest BCUT2D eigenvalue weighted by Gasteiger charge is 2.21. The topological polar surface area (TPSA) is 51.1 Å². The van der Waals surface area contributed by atoms with E-state index in [4.69, 9.17) is 4.74 Å². The number of aryl methyl sites for hydroxylation is 1. The molecule has 1 saturated heterocycles. The van der Waals surface area contributed by atoms with E-state index in [1.54, 1.807) is 23.0 Å². The first-order valence-electron chi connectivity index (χ1n) is 6.88. The largest absolute Gasteiger partial charge is 0.477 e. The van der Waals surface area contributed by atoms with Crippen LogP contribution in [0.2, 0.25) is 0 Å². The minimum atomic E-state index is 0.598. The Morgan fingerprint density at radius 2 is 2.25 bits per heavy atom. The van der Waals surface area contributed by atoms with E-state index in [9.17, 15) is 0 Å². The molecule has 5 nitrogen and oxygen atoms in total. The van der Waals surface area contributed by atoms with Crippen LogP contribution in [0, 0.1) is 12.8 Å². The highest BCUT2D eigenvalue weighted by molar-refractivity contribution is 7.13. The maximum atomic E-state index is 5.85. The van der Waals surface area contributed by atoms with E-state index in [0.717, 1.165) is 49.1 Å². The van der Waals surface area contributed by atoms with Crippen LogP contribution in [0.5, 0.6) is 5.88 Å². The van der Waals surface area contributed by atoms with Crippen LogP contribution in [-0.4, -0.2) is 34.9 Å². The number of hydrogen-bond donors (Lipinski definition) is 0. The molecule has 0 amide bonds. The molecule has 2 aromatic heterocycles. The highest BCUT2D eigenvalue weighted by atomic mass is 32.1. The van der Waals surface area contributed by atoms with Crippen molar-refractivity contribution < 1.29 is 4.74 Å². The van der Waals surface area contributed by atoms with E-state index in [2.05, 4.69) is 20.1 Å². The van der Waals surface area contributed by atoms with Crippen molar-refractivity contribution in [3.63, 3.8) is 0 Å². The standard InChI is InChI=1S/C14H18N4OS/c1-11-3-2-6-15-13(11)19-9-12-4-7-18(8-5-12)14-17-16-10-20-14/h2-3,6,10,12H,4-5,7-9H2,1H3. The van der Waals surface area contributed by atoms with Crippen molar-refractivity contribution in [3.8, 4) is 5.88 Å². The Kier molecular flexibility index (Phi) is 4.11. The van der Waals surface area contributed by atoms with Gasteiger partial charge in [-0.3, -0.25) is 0 Å². The fourth-order valence-electron chi connectivity index (χ4n) is 2.42. The molecule has 1 aliphatic heterocycles. The Bertz CT molecular complexity index is 538. The summed E-state index contributed by atoms with van der Waals surface area (Å²) in [4.78, 5) is 6.57. The van der Waals surface area contributed by atoms with Crippen molar-refractivity contribution in [2.75, 3.05) is 24.6 Å². The van der Waals surface area contributed by atoms with Gasteiger partial charge in [0.25, 0.3) is 0 Å². The average molecular weight is 290 g/mol. The third-order valence-corrected chi connectivity index (χ3v) is 4.40. The van der Waals surface area contributed by atoms with Crippen molar-refractivity contribution in [2.45, 2.75) is 19.8 Å². The lowest BCUT2D eigenvalue weighted by Crippen LogP contribution is -2.35. The summed E-state index contributed by atoms with van der Waals surface area (Å²) in [6, 6.07) is 3.96. The highest BCUT2D eigenvalue weighted by Crippen LogP contribution is 2.24. The minimum Gasteiger partial charge on any atom is -0.477 e. The second-order valence-electron chi connectivity index (χ2n) is 5.09. The molecule has 0 spiro atoms. The van der Waals surface area contributed by atoms with Gasteiger partial charge >= 0.3 is 0 Å². The SMILES string of the molecule is Cc1cccnc1OCC1CCN(c2nncs2)CC1. The van der Waals surface area contributed by atoms with Crippen LogP contribution in [0.4, 0.5) is 5.13 Å². The molecule has 0 N–H and O–H groups in total. The fraction of sp³-hybridized carbons (Fsp3) is 0.500. The van der Waals surface area contributed by atoms with Crippen LogP contribution in [-0.2, 0) is 0 Å². The molecule has 0 atom stereocenters. The number of rotatable bonds is 4. The van der Waals surface area contributed by atoms with E-state index < -0.39 is 0 Å². The Balaban J connectivity index is 1.48. The van der Waals surface area contributed by atoms with Gasteiger partial charge in [-0.2, -0.15) is 0 Å². The number of aromatic nitrogens is 3. The van der Waals surface area contributed by atoms with Gasteiger partial charge in [0.15, 0.2) is 0 Å². The third-order valence-electron chi connectivity index (χ3n) is 3.65. The molecule has 2 aromatic rings. The van der Waals surface area contributed by atoms with Gasteiger partial charge in [0.2, 0.25) is 11.0 Å². The maximum Gasteiger partial charge on any atom is 0.216 e. The van der Waals surface area contributed by atoms with Crippen molar-refractivity contribution in [3.05, 3.63) is 29.4 Å².